The zero-order valence-corrected chi connectivity index (χ0v) is 112. The summed E-state index contributed by atoms with van der Waals surface area (Å²) in [7, 11) is 0. The fourth-order valence-corrected chi connectivity index (χ4v) is 35.9. The predicted molar refractivity (Wildman–Crippen MR) is 647 cm³/mol. The van der Waals surface area contributed by atoms with Crippen molar-refractivity contribution in [1.82, 2.24) is 20.0 Å². The van der Waals surface area contributed by atoms with Gasteiger partial charge < -0.3 is 19.7 Å². The lowest BCUT2D eigenvalue weighted by Gasteiger charge is -2.80. The summed E-state index contributed by atoms with van der Waals surface area (Å²) in [5.41, 5.74) is 18.3. The number of piperidine rings is 4. The van der Waals surface area contributed by atoms with Crippen LogP contribution in [-0.2, 0) is 9.47 Å². The van der Waals surface area contributed by atoms with Crippen LogP contribution in [0.4, 0.5) is 0 Å². The van der Waals surface area contributed by atoms with Crippen LogP contribution in [0.2, 0.25) is 0 Å². The largest absolute Gasteiger partial charge is 0.374 e. The monoisotopic (exact) mass is 2050 g/mol. The van der Waals surface area contributed by atoms with E-state index in [0.717, 1.165) is 48.0 Å². The van der Waals surface area contributed by atoms with Crippen molar-refractivity contribution in [1.29, 1.82) is 0 Å². The summed E-state index contributed by atoms with van der Waals surface area (Å²) in [5.74, 6) is 2.00. The molecular formula is C141H268N4O2. The van der Waals surface area contributed by atoms with Crippen molar-refractivity contribution >= 4 is 0 Å². The second kappa shape index (κ2) is 39.0. The van der Waals surface area contributed by atoms with Crippen LogP contribution < -0.4 is 5.32 Å². The van der Waals surface area contributed by atoms with Gasteiger partial charge in [-0.15, -0.1) is 0 Å². The fourth-order valence-electron chi connectivity index (χ4n) is 35.9. The number of hydrogen-bond donors (Lipinski definition) is 1. The average molecular weight is 2050 g/mol. The van der Waals surface area contributed by atoms with Crippen LogP contribution in [0.15, 0.2) is 0 Å². The highest BCUT2D eigenvalue weighted by Crippen LogP contribution is 2.85. The molecule has 27 fully saturated rings. The number of rotatable bonds is 0. The Morgan fingerprint density at radius 2 is 0.558 bits per heavy atom. The third-order valence-corrected chi connectivity index (χ3v) is 51.7. The maximum absolute atomic E-state index is 6.36. The van der Waals surface area contributed by atoms with Gasteiger partial charge in [-0.25, -0.2) is 0 Å². The topological polar surface area (TPSA) is 40.2 Å². The summed E-state index contributed by atoms with van der Waals surface area (Å²) in [5, 5.41) is 3.79. The van der Waals surface area contributed by atoms with E-state index >= 15 is 0 Å². The molecule has 6 unspecified atom stereocenters. The van der Waals surface area contributed by atoms with Gasteiger partial charge in [-0.05, 0) is 426 Å². The first-order valence-electron chi connectivity index (χ1n) is 63.0. The van der Waals surface area contributed by atoms with E-state index in [0.29, 0.717) is 168 Å². The van der Waals surface area contributed by atoms with Crippen LogP contribution in [0, 0.1) is 185 Å². The lowest BCUT2D eigenvalue weighted by atomic mass is 9.25. The Balaban J connectivity index is 0.000000166. The molecule has 0 radical (unpaired) electrons. The second-order valence-electron chi connectivity index (χ2n) is 78.8. The summed E-state index contributed by atoms with van der Waals surface area (Å²) >= 11 is 0. The van der Waals surface area contributed by atoms with Crippen LogP contribution in [0.25, 0.3) is 0 Å². The maximum atomic E-state index is 6.36. The van der Waals surface area contributed by atoms with Crippen molar-refractivity contribution < 1.29 is 9.47 Å². The summed E-state index contributed by atoms with van der Waals surface area (Å²) in [6, 6.07) is 1.69. The van der Waals surface area contributed by atoms with Crippen LogP contribution in [-0.4, -0.2) is 108 Å². The molecule has 14 aliphatic carbocycles. The Kier molecular flexibility index (Phi) is 34.1. The van der Waals surface area contributed by atoms with Crippen molar-refractivity contribution in [3.8, 4) is 0 Å². The molecule has 6 atom stereocenters. The molecule has 13 heterocycles. The molecule has 14 saturated carbocycles. The molecule has 27 rings (SSSR count). The number of hydrogen-bond acceptors (Lipinski definition) is 6. The zero-order valence-electron chi connectivity index (χ0n) is 112. The molecule has 13 saturated heterocycles. The fraction of sp³-hybridized carbons (Fsp3) is 1.00. The van der Waals surface area contributed by atoms with Gasteiger partial charge >= 0.3 is 0 Å². The molecule has 864 valence electrons. The zero-order chi connectivity index (χ0) is 113. The minimum absolute atomic E-state index is 0.167. The van der Waals surface area contributed by atoms with Gasteiger partial charge in [0, 0.05) is 48.2 Å². The highest BCUT2D eigenvalue weighted by Gasteiger charge is 2.76. The predicted octanol–water partition coefficient (Wildman–Crippen LogP) is 41.4. The van der Waals surface area contributed by atoms with E-state index in [4.69, 9.17) is 9.47 Å². The smallest absolute Gasteiger partial charge is 0.0743 e. The second-order valence-corrected chi connectivity index (χ2v) is 78.8. The Morgan fingerprint density at radius 3 is 0.776 bits per heavy atom. The van der Waals surface area contributed by atoms with E-state index in [2.05, 4.69) is 442 Å². The van der Waals surface area contributed by atoms with Gasteiger partial charge in [-0.3, -0.25) is 9.80 Å². The number of ether oxygens (including phenoxy) is 2. The molecule has 27 aliphatic rings. The van der Waals surface area contributed by atoms with Crippen molar-refractivity contribution in [2.24, 2.45) is 185 Å². The van der Waals surface area contributed by atoms with Gasteiger partial charge in [0.1, 0.15) is 0 Å². The normalized spacial score (nSPS) is 40.5. The quantitative estimate of drug-likeness (QED) is 0.261. The molecule has 0 aromatic heterocycles. The van der Waals surface area contributed by atoms with Gasteiger partial charge in [0.15, 0.2) is 0 Å². The van der Waals surface area contributed by atoms with Gasteiger partial charge in [0.05, 0.1) is 24.4 Å². The molecule has 0 aromatic carbocycles. The molecule has 6 nitrogen and oxygen atoms in total. The lowest BCUT2D eigenvalue weighted by molar-refractivity contribution is -0.302. The maximum Gasteiger partial charge on any atom is 0.0743 e. The van der Waals surface area contributed by atoms with Gasteiger partial charge in [0.25, 0.3) is 0 Å². The Labute approximate surface area is 923 Å². The van der Waals surface area contributed by atoms with Gasteiger partial charge in [0.2, 0.25) is 0 Å². The molecule has 147 heavy (non-hydrogen) atoms. The highest BCUT2D eigenvalue weighted by molar-refractivity contribution is 5.27. The summed E-state index contributed by atoms with van der Waals surface area (Å²) in [6.45, 7) is 157. The number of nitrogens with one attached hydrogen (secondary N) is 1. The molecule has 20 bridgehead atoms. The van der Waals surface area contributed by atoms with E-state index in [9.17, 15) is 0 Å². The van der Waals surface area contributed by atoms with Crippen molar-refractivity contribution in [3.05, 3.63) is 0 Å². The van der Waals surface area contributed by atoms with E-state index in [-0.39, 0.29) is 16.6 Å². The standard InChI is InChI=1S/C15H28O.2C15H28.C14H27N.C14H26.2C13H25N.C13H24O.C13H24.C11H21N.C5H12/c1-12(2,3)14-7-9-15(10-8-14,16-11-14)13(4,5)6;1-12(2,3)14-7-9-15(11-14,10-8-14)13(4,5)6;1-13(2,3)12-9-11-7-8-15(12,10-11)14(4,5)6;1-12(2,3)11-9-14(13(4,5)6)7-8-15(11)10-14;1-11(2,3)13-7-8-14(9-13,10-13)12(4,5)6;1-11(2,3)13-7-10(8-13)14(9-13)12(4,5)6;2*1-10(2,3)12-7-13(8-12,14-9-12)11(4,5)6;1-10(2,3)12-7-13(8-12,9-12)11(4,5)6;1-10(2,3)11-4-7-12(8-5-11)9-6-11;1-5(2,3)4/h7-11H2,1-6H3;7-11H2,1-6H3;11-12H,7-10H2,1-6H3;11H,7-10H2,1-6H3;7-10H2,1-6H3;10H,7-9H2,1-6H3;14H,7-9H2,1-6H3;7-9H2,1-6H3;7-9H2,1-6H3;4-9H2,1-3H3;1-4H3. The van der Waals surface area contributed by atoms with Gasteiger partial charge in [-0.2, -0.15) is 0 Å². The summed E-state index contributed by atoms with van der Waals surface area (Å²) in [6.07, 6.45) is 44.4. The molecule has 0 spiro atoms. The first-order chi connectivity index (χ1) is 64.7. The Hall–Kier alpha value is -0.240. The lowest BCUT2D eigenvalue weighted by Crippen LogP contribution is -2.71. The molecule has 0 aromatic rings. The third kappa shape index (κ3) is 23.8. The van der Waals surface area contributed by atoms with Crippen molar-refractivity contribution in [2.45, 2.75) is 656 Å². The van der Waals surface area contributed by atoms with Crippen LogP contribution >= 0.6 is 0 Å². The number of fused-ring (bicyclic) bond motifs is 16. The van der Waals surface area contributed by atoms with Crippen LogP contribution in [0.1, 0.15) is 621 Å². The minimum atomic E-state index is 0.167. The minimum Gasteiger partial charge on any atom is -0.374 e. The summed E-state index contributed by atoms with van der Waals surface area (Å²) in [4.78, 5) is 8.08. The van der Waals surface area contributed by atoms with E-state index in [1.807, 2.05) is 0 Å². The van der Waals surface area contributed by atoms with Crippen LogP contribution in [0.5, 0.6) is 0 Å². The molecule has 13 aliphatic heterocycles. The van der Waals surface area contributed by atoms with E-state index in [1.165, 1.54) is 245 Å². The average Bonchev–Trinajstić information content (AvgIpc) is 1.58. The highest BCUT2D eigenvalue weighted by atomic mass is 16.5. The van der Waals surface area contributed by atoms with Crippen molar-refractivity contribution in [3.63, 3.8) is 0 Å². The SMILES string of the molecule is CC(C)(C)C.CC(C)(C)C12CC(C(C)(C)C)(C1)C2.CC(C)(C)C12CCC(C(C)(C)C)(C1)C2.CC(C)(C)C12CCC(C(C)(C)C)(CC1)C2.CC(C)(C)C12CCC(C(C)(C)C)(CC1)OC2.CC(C)(C)C12CCN(CC1)CC2.CC(C)(C)C12CNC(C(C)(C)C)(C1)C2.CC(C)(C)C12COC(C(C)(C)C)(C1)C2.CC(C)(C)C1CC2(C(C)(C)C)CCN1C2.CC(C)(C)C1CC2CCC1(C(C)(C)C)C2.CC(C)(C)N1CC2(C(C)(C)C)CC1C2. The Bertz CT molecular complexity index is 3920. The van der Waals surface area contributed by atoms with Crippen molar-refractivity contribution in [2.75, 3.05) is 59.0 Å². The molecular weight excluding hydrogens is 1780 g/mol. The summed E-state index contributed by atoms with van der Waals surface area (Å²) < 4.78 is 12.5. The number of nitrogens with zero attached hydrogens (tertiary/aromatic N) is 3. The molecule has 0 amide bonds. The Morgan fingerprint density at radius 1 is 0.238 bits per heavy atom. The molecule has 1 N–H and O–H groups in total. The van der Waals surface area contributed by atoms with Gasteiger partial charge in [-0.1, -0.05) is 402 Å². The van der Waals surface area contributed by atoms with E-state index in [1.54, 1.807) is 0 Å². The van der Waals surface area contributed by atoms with Crippen LogP contribution in [0.3, 0.4) is 0 Å². The van der Waals surface area contributed by atoms with E-state index < -0.39 is 0 Å². The first-order valence-corrected chi connectivity index (χ1v) is 63.0. The third-order valence-electron chi connectivity index (χ3n) is 51.7. The molecule has 6 heteroatoms. The first kappa shape index (κ1) is 129.